The number of allylic oxidation sites excluding steroid dienone is 1. The Morgan fingerprint density at radius 3 is 1.97 bits per heavy atom. The van der Waals surface area contributed by atoms with E-state index in [9.17, 15) is 23.2 Å². The molecule has 0 spiro atoms. The van der Waals surface area contributed by atoms with E-state index in [1.54, 1.807) is 41.9 Å². The van der Waals surface area contributed by atoms with Crippen molar-refractivity contribution in [3.8, 4) is 0 Å². The summed E-state index contributed by atoms with van der Waals surface area (Å²) in [4.78, 5) is 26.3. The standard InChI is InChI=1S/C27H29N3O5S/c1-36(34,35)30(23-17-9-4-10-18-23)28-26(31)25(20-22-14-7-3-8-15-22)24(27(32)29-33)19-11-16-21-12-5-2-6-13-21/h2-18,24-25,33H,19-20H2,1H3,(H,28,31)(H,29,32)/t24-,25+/m0/s1. The van der Waals surface area contributed by atoms with Crippen LogP contribution < -0.4 is 15.3 Å². The first-order chi connectivity index (χ1) is 17.3. The Bertz CT molecular complexity index is 1270. The quantitative estimate of drug-likeness (QED) is 0.271. The maximum atomic E-state index is 13.6. The fourth-order valence-corrected chi connectivity index (χ4v) is 4.58. The second-order valence-electron chi connectivity index (χ2n) is 8.27. The maximum absolute atomic E-state index is 13.6. The summed E-state index contributed by atoms with van der Waals surface area (Å²) >= 11 is 0. The van der Waals surface area contributed by atoms with Crippen LogP contribution in [0.15, 0.2) is 97.1 Å². The topological polar surface area (TPSA) is 116 Å². The van der Waals surface area contributed by atoms with Crippen LogP contribution in [-0.2, 0) is 26.0 Å². The number of carbonyl (C=O) groups excluding carboxylic acids is 2. The number of para-hydroxylation sites is 1. The van der Waals surface area contributed by atoms with Gasteiger partial charge in [-0.3, -0.25) is 20.2 Å². The SMILES string of the molecule is CS(=O)(=O)N(NC(=O)[C@H](Cc1ccccc1)[C@H](CC=Cc1ccccc1)C(=O)NO)c1ccccc1. The number of benzene rings is 3. The molecule has 2 atom stereocenters. The fraction of sp³-hybridized carbons (Fsp3) is 0.185. The van der Waals surface area contributed by atoms with Crippen LogP contribution in [0.3, 0.4) is 0 Å². The molecule has 0 saturated carbocycles. The Kier molecular flexibility index (Phi) is 9.38. The zero-order valence-corrected chi connectivity index (χ0v) is 20.6. The molecule has 8 nitrogen and oxygen atoms in total. The summed E-state index contributed by atoms with van der Waals surface area (Å²) in [6, 6.07) is 26.7. The third kappa shape index (κ3) is 7.53. The number of hydroxylamine groups is 1. The molecule has 2 amide bonds. The average Bonchev–Trinajstić information content (AvgIpc) is 2.89. The van der Waals surface area contributed by atoms with Gasteiger partial charge in [0, 0.05) is 0 Å². The van der Waals surface area contributed by atoms with Crippen molar-refractivity contribution < 1.29 is 23.2 Å². The highest BCUT2D eigenvalue weighted by Crippen LogP contribution is 2.24. The van der Waals surface area contributed by atoms with E-state index < -0.39 is 33.7 Å². The van der Waals surface area contributed by atoms with Crippen molar-refractivity contribution in [3.63, 3.8) is 0 Å². The largest absolute Gasteiger partial charge is 0.289 e. The van der Waals surface area contributed by atoms with Crippen molar-refractivity contribution >= 4 is 33.6 Å². The predicted molar refractivity (Wildman–Crippen MR) is 139 cm³/mol. The number of sulfonamides is 1. The molecular formula is C27H29N3O5S. The van der Waals surface area contributed by atoms with Gasteiger partial charge < -0.3 is 0 Å². The van der Waals surface area contributed by atoms with Gasteiger partial charge in [-0.15, -0.1) is 0 Å². The molecule has 3 rings (SSSR count). The molecular weight excluding hydrogens is 478 g/mol. The van der Waals surface area contributed by atoms with E-state index in [0.717, 1.165) is 21.8 Å². The molecule has 3 aromatic rings. The van der Waals surface area contributed by atoms with Crippen LogP contribution in [0.2, 0.25) is 0 Å². The van der Waals surface area contributed by atoms with Crippen LogP contribution in [0.1, 0.15) is 17.5 Å². The number of amides is 2. The molecule has 0 heterocycles. The summed E-state index contributed by atoms with van der Waals surface area (Å²) in [5.41, 5.74) is 6.09. The molecule has 0 unspecified atom stereocenters. The monoisotopic (exact) mass is 507 g/mol. The number of hydrogen-bond acceptors (Lipinski definition) is 5. The first-order valence-corrected chi connectivity index (χ1v) is 13.2. The summed E-state index contributed by atoms with van der Waals surface area (Å²) in [7, 11) is -3.89. The van der Waals surface area contributed by atoms with E-state index in [0.29, 0.717) is 0 Å². The normalized spacial score (nSPS) is 13.1. The van der Waals surface area contributed by atoms with Gasteiger partial charge in [0.25, 0.3) is 0 Å². The van der Waals surface area contributed by atoms with Gasteiger partial charge in [0.2, 0.25) is 21.8 Å². The molecule has 0 fully saturated rings. The molecule has 0 saturated heterocycles. The van der Waals surface area contributed by atoms with Crippen LogP contribution in [0.5, 0.6) is 0 Å². The Balaban J connectivity index is 1.94. The molecule has 3 N–H and O–H groups in total. The molecule has 0 aliphatic carbocycles. The van der Waals surface area contributed by atoms with Gasteiger partial charge in [-0.1, -0.05) is 91.0 Å². The number of rotatable bonds is 11. The molecule has 36 heavy (non-hydrogen) atoms. The lowest BCUT2D eigenvalue weighted by Crippen LogP contribution is -2.51. The maximum Gasteiger partial charge on any atom is 0.249 e. The second kappa shape index (κ2) is 12.7. The molecule has 3 aromatic carbocycles. The molecule has 0 aromatic heterocycles. The third-order valence-corrected chi connectivity index (χ3v) is 6.57. The highest BCUT2D eigenvalue weighted by Gasteiger charge is 2.35. The van der Waals surface area contributed by atoms with Crippen molar-refractivity contribution in [2.75, 3.05) is 10.7 Å². The van der Waals surface area contributed by atoms with Crippen LogP contribution >= 0.6 is 0 Å². The zero-order valence-electron chi connectivity index (χ0n) is 19.8. The van der Waals surface area contributed by atoms with Gasteiger partial charge in [-0.05, 0) is 36.1 Å². The lowest BCUT2D eigenvalue weighted by molar-refractivity contribution is -0.140. The highest BCUT2D eigenvalue weighted by molar-refractivity contribution is 7.92. The predicted octanol–water partition coefficient (Wildman–Crippen LogP) is 3.57. The lowest BCUT2D eigenvalue weighted by Gasteiger charge is -2.28. The second-order valence-corrected chi connectivity index (χ2v) is 10.1. The van der Waals surface area contributed by atoms with Gasteiger partial charge in [0.1, 0.15) is 0 Å². The van der Waals surface area contributed by atoms with E-state index in [1.807, 2.05) is 66.7 Å². The van der Waals surface area contributed by atoms with Gasteiger partial charge in [-0.2, -0.15) is 4.41 Å². The zero-order chi connectivity index (χ0) is 26.0. The van der Waals surface area contributed by atoms with E-state index in [-0.39, 0.29) is 18.5 Å². The summed E-state index contributed by atoms with van der Waals surface area (Å²) < 4.78 is 25.8. The van der Waals surface area contributed by atoms with Crippen LogP contribution in [0, 0.1) is 11.8 Å². The number of hydrogen-bond donors (Lipinski definition) is 3. The number of nitrogens with one attached hydrogen (secondary N) is 2. The van der Waals surface area contributed by atoms with Crippen LogP contribution in [-0.4, -0.2) is 31.7 Å². The summed E-state index contributed by atoms with van der Waals surface area (Å²) in [5.74, 6) is -3.38. The first kappa shape index (κ1) is 26.7. The Labute approximate surface area is 211 Å². The molecule has 0 radical (unpaired) electrons. The molecule has 9 heteroatoms. The summed E-state index contributed by atoms with van der Waals surface area (Å²) in [5, 5.41) is 9.45. The van der Waals surface area contributed by atoms with Gasteiger partial charge in [0.05, 0.1) is 23.8 Å². The van der Waals surface area contributed by atoms with Crippen LogP contribution in [0.25, 0.3) is 6.08 Å². The van der Waals surface area contributed by atoms with E-state index >= 15 is 0 Å². The first-order valence-electron chi connectivity index (χ1n) is 11.3. The minimum atomic E-state index is -3.89. The van der Waals surface area contributed by atoms with Gasteiger partial charge in [0.15, 0.2) is 0 Å². The fourth-order valence-electron chi connectivity index (χ4n) is 3.82. The molecule has 188 valence electrons. The molecule has 0 aliphatic heterocycles. The number of nitrogens with zero attached hydrogens (tertiary/aromatic N) is 1. The number of hydrazine groups is 1. The summed E-state index contributed by atoms with van der Waals surface area (Å²) in [6.45, 7) is 0. The van der Waals surface area contributed by atoms with Gasteiger partial charge >= 0.3 is 0 Å². The van der Waals surface area contributed by atoms with Crippen LogP contribution in [0.4, 0.5) is 5.69 Å². The Hall–Kier alpha value is -3.95. The Morgan fingerprint density at radius 1 is 0.861 bits per heavy atom. The van der Waals surface area contributed by atoms with E-state index in [1.165, 1.54) is 0 Å². The van der Waals surface area contributed by atoms with Crippen molar-refractivity contribution in [3.05, 3.63) is 108 Å². The average molecular weight is 508 g/mol. The van der Waals surface area contributed by atoms with Crippen molar-refractivity contribution in [2.45, 2.75) is 12.8 Å². The van der Waals surface area contributed by atoms with E-state index in [4.69, 9.17) is 0 Å². The summed E-state index contributed by atoms with van der Waals surface area (Å²) in [6.07, 6.45) is 4.84. The van der Waals surface area contributed by atoms with Crippen molar-refractivity contribution in [2.24, 2.45) is 11.8 Å². The van der Waals surface area contributed by atoms with E-state index in [2.05, 4.69) is 5.43 Å². The molecule has 0 aliphatic rings. The minimum absolute atomic E-state index is 0.135. The Morgan fingerprint density at radius 2 is 1.42 bits per heavy atom. The molecule has 0 bridgehead atoms. The number of carbonyl (C=O) groups is 2. The number of anilines is 1. The smallest absolute Gasteiger partial charge is 0.249 e. The third-order valence-electron chi connectivity index (χ3n) is 5.60. The van der Waals surface area contributed by atoms with Crippen molar-refractivity contribution in [1.29, 1.82) is 0 Å². The van der Waals surface area contributed by atoms with Crippen molar-refractivity contribution in [1.82, 2.24) is 10.9 Å². The highest BCUT2D eigenvalue weighted by atomic mass is 32.2. The minimum Gasteiger partial charge on any atom is -0.289 e. The van der Waals surface area contributed by atoms with Gasteiger partial charge in [-0.25, -0.2) is 13.9 Å². The lowest BCUT2D eigenvalue weighted by atomic mass is 9.83.